The summed E-state index contributed by atoms with van der Waals surface area (Å²) in [5.74, 6) is 0.153. The average molecular weight is 297 g/mol. The minimum Gasteiger partial charge on any atom is -0.453 e. The van der Waals surface area contributed by atoms with Gasteiger partial charge in [0.1, 0.15) is 5.58 Å². The topological polar surface area (TPSA) is 30.2 Å². The van der Waals surface area contributed by atoms with Gasteiger partial charge < -0.3 is 4.42 Å². The Morgan fingerprint density at radius 2 is 2.00 bits per heavy atom. The molecule has 0 N–H and O–H groups in total. The SMILES string of the molecule is Cc1cccc(C=CC(=O)c2cc3cc(Cl)ccc3o2)c1. The number of hydrogen-bond donors (Lipinski definition) is 0. The number of aryl methyl sites for hydroxylation is 1. The standard InChI is InChI=1S/C18H13ClO2/c1-12-3-2-4-13(9-12)5-7-16(20)18-11-14-10-15(19)6-8-17(14)21-18/h2-11H,1H3. The minimum atomic E-state index is -0.163. The fourth-order valence-electron chi connectivity index (χ4n) is 2.16. The van der Waals surface area contributed by atoms with E-state index in [0.717, 1.165) is 16.5 Å². The number of hydrogen-bond acceptors (Lipinski definition) is 2. The molecule has 0 spiro atoms. The molecule has 0 unspecified atom stereocenters. The van der Waals surface area contributed by atoms with Crippen LogP contribution < -0.4 is 0 Å². The molecule has 0 amide bonds. The highest BCUT2D eigenvalue weighted by molar-refractivity contribution is 6.31. The summed E-state index contributed by atoms with van der Waals surface area (Å²) >= 11 is 5.92. The van der Waals surface area contributed by atoms with Crippen LogP contribution in [-0.2, 0) is 0 Å². The number of halogens is 1. The lowest BCUT2D eigenvalue weighted by atomic mass is 10.1. The third kappa shape index (κ3) is 3.06. The summed E-state index contributed by atoms with van der Waals surface area (Å²) in [6.45, 7) is 2.02. The first-order chi connectivity index (χ1) is 10.1. The first kappa shape index (κ1) is 13.7. The van der Waals surface area contributed by atoms with Crippen LogP contribution in [0, 0.1) is 6.92 Å². The number of benzene rings is 2. The molecule has 3 heteroatoms. The molecule has 3 aromatic rings. The van der Waals surface area contributed by atoms with Gasteiger partial charge in [-0.05, 0) is 42.8 Å². The third-order valence-corrected chi connectivity index (χ3v) is 3.43. The minimum absolute atomic E-state index is 0.163. The Bertz CT molecular complexity index is 843. The molecule has 0 saturated heterocycles. The highest BCUT2D eigenvalue weighted by atomic mass is 35.5. The van der Waals surface area contributed by atoms with Gasteiger partial charge >= 0.3 is 0 Å². The van der Waals surface area contributed by atoms with Gasteiger partial charge in [-0.25, -0.2) is 0 Å². The lowest BCUT2D eigenvalue weighted by molar-refractivity contribution is 0.102. The van der Waals surface area contributed by atoms with E-state index < -0.39 is 0 Å². The van der Waals surface area contributed by atoms with E-state index in [9.17, 15) is 4.79 Å². The molecule has 0 saturated carbocycles. The first-order valence-electron chi connectivity index (χ1n) is 6.60. The van der Waals surface area contributed by atoms with Crippen molar-refractivity contribution in [2.24, 2.45) is 0 Å². The maximum Gasteiger partial charge on any atom is 0.221 e. The van der Waals surface area contributed by atoms with Crippen molar-refractivity contribution < 1.29 is 9.21 Å². The van der Waals surface area contributed by atoms with Gasteiger partial charge in [-0.1, -0.05) is 47.5 Å². The Morgan fingerprint density at radius 1 is 1.14 bits per heavy atom. The molecular weight excluding hydrogens is 284 g/mol. The van der Waals surface area contributed by atoms with Gasteiger partial charge in [-0.15, -0.1) is 0 Å². The molecular formula is C18H13ClO2. The second-order valence-electron chi connectivity index (χ2n) is 4.90. The Labute approximate surface area is 127 Å². The van der Waals surface area contributed by atoms with Gasteiger partial charge in [0.25, 0.3) is 0 Å². The number of carbonyl (C=O) groups is 1. The zero-order chi connectivity index (χ0) is 14.8. The Morgan fingerprint density at radius 3 is 2.81 bits per heavy atom. The fraction of sp³-hybridized carbons (Fsp3) is 0.0556. The van der Waals surface area contributed by atoms with E-state index in [2.05, 4.69) is 0 Å². The Kier molecular flexibility index (Phi) is 3.63. The number of rotatable bonds is 3. The molecule has 2 aromatic carbocycles. The van der Waals surface area contributed by atoms with E-state index in [-0.39, 0.29) is 5.78 Å². The fourth-order valence-corrected chi connectivity index (χ4v) is 2.34. The van der Waals surface area contributed by atoms with Crippen LogP contribution in [-0.4, -0.2) is 5.78 Å². The van der Waals surface area contributed by atoms with Crippen LogP contribution in [0.3, 0.4) is 0 Å². The van der Waals surface area contributed by atoms with Crippen LogP contribution in [0.2, 0.25) is 5.02 Å². The maximum absolute atomic E-state index is 12.1. The highest BCUT2D eigenvalue weighted by Crippen LogP contribution is 2.23. The second kappa shape index (κ2) is 5.58. The summed E-state index contributed by atoms with van der Waals surface area (Å²) < 4.78 is 5.54. The van der Waals surface area contributed by atoms with Crippen molar-refractivity contribution in [1.82, 2.24) is 0 Å². The lowest BCUT2D eigenvalue weighted by Gasteiger charge is -1.94. The predicted molar refractivity (Wildman–Crippen MR) is 85.8 cm³/mol. The van der Waals surface area contributed by atoms with Crippen LogP contribution in [0.25, 0.3) is 17.0 Å². The molecule has 0 aliphatic rings. The smallest absolute Gasteiger partial charge is 0.221 e. The van der Waals surface area contributed by atoms with Crippen molar-refractivity contribution in [1.29, 1.82) is 0 Å². The summed E-state index contributed by atoms with van der Waals surface area (Å²) in [6.07, 6.45) is 3.31. The predicted octanol–water partition coefficient (Wildman–Crippen LogP) is 5.29. The van der Waals surface area contributed by atoms with E-state index >= 15 is 0 Å². The molecule has 2 nitrogen and oxygen atoms in total. The van der Waals surface area contributed by atoms with Gasteiger partial charge in [-0.2, -0.15) is 0 Å². The van der Waals surface area contributed by atoms with Crippen LogP contribution in [0.4, 0.5) is 0 Å². The molecule has 21 heavy (non-hydrogen) atoms. The van der Waals surface area contributed by atoms with Crippen molar-refractivity contribution in [2.45, 2.75) is 6.92 Å². The maximum atomic E-state index is 12.1. The van der Waals surface area contributed by atoms with Gasteiger partial charge in [0.15, 0.2) is 5.76 Å². The summed E-state index contributed by atoms with van der Waals surface area (Å²) in [7, 11) is 0. The number of fused-ring (bicyclic) bond motifs is 1. The van der Waals surface area contributed by atoms with E-state index in [1.807, 2.05) is 31.2 Å². The summed E-state index contributed by atoms with van der Waals surface area (Å²) in [5.41, 5.74) is 2.80. The molecule has 0 atom stereocenters. The molecule has 1 aromatic heterocycles. The first-order valence-corrected chi connectivity index (χ1v) is 6.98. The quantitative estimate of drug-likeness (QED) is 0.485. The third-order valence-electron chi connectivity index (χ3n) is 3.19. The molecule has 104 valence electrons. The zero-order valence-corrected chi connectivity index (χ0v) is 12.2. The molecule has 3 rings (SSSR count). The number of allylic oxidation sites excluding steroid dienone is 1. The van der Waals surface area contributed by atoms with Crippen molar-refractivity contribution >= 4 is 34.4 Å². The largest absolute Gasteiger partial charge is 0.453 e. The molecule has 0 bridgehead atoms. The van der Waals surface area contributed by atoms with Crippen molar-refractivity contribution in [3.05, 3.63) is 76.5 Å². The summed E-state index contributed by atoms with van der Waals surface area (Å²) in [6, 6.07) is 14.9. The highest BCUT2D eigenvalue weighted by Gasteiger charge is 2.09. The van der Waals surface area contributed by atoms with Crippen LogP contribution >= 0.6 is 11.6 Å². The van der Waals surface area contributed by atoms with E-state index in [1.54, 1.807) is 30.3 Å². The molecule has 0 radical (unpaired) electrons. The van der Waals surface area contributed by atoms with E-state index in [1.165, 1.54) is 6.08 Å². The van der Waals surface area contributed by atoms with Gasteiger partial charge in [0.05, 0.1) is 0 Å². The average Bonchev–Trinajstić information content (AvgIpc) is 2.88. The van der Waals surface area contributed by atoms with Crippen molar-refractivity contribution in [3.63, 3.8) is 0 Å². The van der Waals surface area contributed by atoms with Crippen LogP contribution in [0.1, 0.15) is 21.7 Å². The summed E-state index contributed by atoms with van der Waals surface area (Å²) in [4.78, 5) is 12.1. The molecule has 0 aliphatic carbocycles. The number of carbonyl (C=O) groups excluding carboxylic acids is 1. The Balaban J connectivity index is 1.86. The number of ketones is 1. The van der Waals surface area contributed by atoms with Crippen molar-refractivity contribution in [3.8, 4) is 0 Å². The van der Waals surface area contributed by atoms with Crippen molar-refractivity contribution in [2.75, 3.05) is 0 Å². The van der Waals surface area contributed by atoms with E-state index in [4.69, 9.17) is 16.0 Å². The normalized spacial score (nSPS) is 11.3. The zero-order valence-electron chi connectivity index (χ0n) is 11.5. The molecule has 0 aliphatic heterocycles. The second-order valence-corrected chi connectivity index (χ2v) is 5.34. The summed E-state index contributed by atoms with van der Waals surface area (Å²) in [5, 5.41) is 1.45. The number of furan rings is 1. The van der Waals surface area contributed by atoms with Crippen LogP contribution in [0.5, 0.6) is 0 Å². The van der Waals surface area contributed by atoms with Gasteiger partial charge in [0, 0.05) is 10.4 Å². The van der Waals surface area contributed by atoms with Gasteiger partial charge in [0.2, 0.25) is 5.78 Å². The van der Waals surface area contributed by atoms with Crippen LogP contribution in [0.15, 0.2) is 59.0 Å². The molecule has 0 fully saturated rings. The van der Waals surface area contributed by atoms with Gasteiger partial charge in [-0.3, -0.25) is 4.79 Å². The van der Waals surface area contributed by atoms with E-state index in [0.29, 0.717) is 16.4 Å². The monoisotopic (exact) mass is 296 g/mol. The lowest BCUT2D eigenvalue weighted by Crippen LogP contribution is -1.90. The molecule has 1 heterocycles. The Hall–Kier alpha value is -2.32.